The van der Waals surface area contributed by atoms with Gasteiger partial charge < -0.3 is 20.6 Å². The number of carboxylic acid groups (broad SMARTS) is 1. The summed E-state index contributed by atoms with van der Waals surface area (Å²) in [5.41, 5.74) is 2.32. The fraction of sp³-hybridized carbons (Fsp3) is 0.500. The second-order valence-electron chi connectivity index (χ2n) is 5.65. The molecule has 1 amide bonds. The van der Waals surface area contributed by atoms with Gasteiger partial charge in [0.05, 0.1) is 6.54 Å². The van der Waals surface area contributed by atoms with Crippen molar-refractivity contribution in [2.75, 3.05) is 24.5 Å². The standard InChI is InChI=1S/C16H23N3O3/c1-12(20)10-17-11-13-4-2-3-5-15(13)19-8-6-14(7-9-19)18-16(21)22/h2-5,14,17-18H,6-11H2,1H3,(H,21,22). The molecule has 0 aromatic heterocycles. The summed E-state index contributed by atoms with van der Waals surface area (Å²) in [6.07, 6.45) is 0.663. The summed E-state index contributed by atoms with van der Waals surface area (Å²) in [5, 5.41) is 14.5. The largest absolute Gasteiger partial charge is 0.465 e. The van der Waals surface area contributed by atoms with E-state index in [1.807, 2.05) is 12.1 Å². The first-order valence-corrected chi connectivity index (χ1v) is 7.58. The molecule has 0 unspecified atom stereocenters. The Morgan fingerprint density at radius 1 is 1.27 bits per heavy atom. The Morgan fingerprint density at radius 3 is 2.59 bits per heavy atom. The van der Waals surface area contributed by atoms with Crippen LogP contribution in [0.5, 0.6) is 0 Å². The van der Waals surface area contributed by atoms with E-state index in [1.54, 1.807) is 6.92 Å². The number of carbonyl (C=O) groups excluding carboxylic acids is 1. The molecule has 0 aliphatic carbocycles. The van der Waals surface area contributed by atoms with Crippen LogP contribution in [0.25, 0.3) is 0 Å². The molecule has 0 spiro atoms. The number of anilines is 1. The minimum atomic E-state index is -0.952. The molecule has 0 radical (unpaired) electrons. The lowest BCUT2D eigenvalue weighted by Crippen LogP contribution is -2.44. The van der Waals surface area contributed by atoms with Gasteiger partial charge in [-0.2, -0.15) is 0 Å². The number of amides is 1. The van der Waals surface area contributed by atoms with Crippen LogP contribution in [-0.2, 0) is 11.3 Å². The first kappa shape index (κ1) is 16.3. The lowest BCUT2D eigenvalue weighted by atomic mass is 10.0. The number of rotatable bonds is 6. The van der Waals surface area contributed by atoms with Crippen molar-refractivity contribution in [3.63, 3.8) is 0 Å². The summed E-state index contributed by atoms with van der Waals surface area (Å²) >= 11 is 0. The van der Waals surface area contributed by atoms with Gasteiger partial charge in [0.15, 0.2) is 0 Å². The average molecular weight is 305 g/mol. The third kappa shape index (κ3) is 4.73. The molecule has 120 valence electrons. The Balaban J connectivity index is 1.95. The van der Waals surface area contributed by atoms with Crippen LogP contribution >= 0.6 is 0 Å². The number of nitrogens with one attached hydrogen (secondary N) is 2. The minimum absolute atomic E-state index is 0.0387. The van der Waals surface area contributed by atoms with E-state index >= 15 is 0 Å². The van der Waals surface area contributed by atoms with Crippen LogP contribution in [0.4, 0.5) is 10.5 Å². The van der Waals surface area contributed by atoms with E-state index in [9.17, 15) is 9.59 Å². The highest BCUT2D eigenvalue weighted by atomic mass is 16.4. The Kier molecular flexibility index (Phi) is 5.77. The van der Waals surface area contributed by atoms with Crippen molar-refractivity contribution in [3.05, 3.63) is 29.8 Å². The molecule has 1 aliphatic heterocycles. The predicted octanol–water partition coefficient (Wildman–Crippen LogP) is 1.60. The maximum absolute atomic E-state index is 11.0. The monoisotopic (exact) mass is 305 g/mol. The lowest BCUT2D eigenvalue weighted by molar-refractivity contribution is -0.116. The first-order chi connectivity index (χ1) is 10.6. The second-order valence-corrected chi connectivity index (χ2v) is 5.65. The van der Waals surface area contributed by atoms with Crippen molar-refractivity contribution < 1.29 is 14.7 Å². The van der Waals surface area contributed by atoms with Gasteiger partial charge >= 0.3 is 6.09 Å². The van der Waals surface area contributed by atoms with Gasteiger partial charge in [0, 0.05) is 31.4 Å². The van der Waals surface area contributed by atoms with E-state index in [0.717, 1.165) is 37.2 Å². The van der Waals surface area contributed by atoms with E-state index < -0.39 is 6.09 Å². The summed E-state index contributed by atoms with van der Waals surface area (Å²) in [6, 6.07) is 8.18. The van der Waals surface area contributed by atoms with E-state index in [0.29, 0.717) is 13.1 Å². The van der Waals surface area contributed by atoms with Crippen molar-refractivity contribution in [1.82, 2.24) is 10.6 Å². The molecule has 22 heavy (non-hydrogen) atoms. The molecule has 6 heteroatoms. The Morgan fingerprint density at radius 2 is 1.95 bits per heavy atom. The van der Waals surface area contributed by atoms with Crippen molar-refractivity contribution in [2.45, 2.75) is 32.4 Å². The number of para-hydroxylation sites is 1. The fourth-order valence-corrected chi connectivity index (χ4v) is 2.78. The number of benzene rings is 1. The molecule has 0 saturated carbocycles. The van der Waals surface area contributed by atoms with Gasteiger partial charge in [0.25, 0.3) is 0 Å². The maximum Gasteiger partial charge on any atom is 0.404 e. The number of hydrogen-bond acceptors (Lipinski definition) is 4. The molecular weight excluding hydrogens is 282 g/mol. The number of ketones is 1. The zero-order valence-electron chi connectivity index (χ0n) is 12.8. The molecule has 0 atom stereocenters. The first-order valence-electron chi connectivity index (χ1n) is 7.58. The maximum atomic E-state index is 11.0. The molecule has 3 N–H and O–H groups in total. The molecule has 0 bridgehead atoms. The molecule has 6 nitrogen and oxygen atoms in total. The van der Waals surface area contributed by atoms with Gasteiger partial charge in [-0.1, -0.05) is 18.2 Å². The van der Waals surface area contributed by atoms with Crippen LogP contribution < -0.4 is 15.5 Å². The smallest absolute Gasteiger partial charge is 0.404 e. The van der Waals surface area contributed by atoms with Gasteiger partial charge in [0.1, 0.15) is 5.78 Å². The zero-order valence-corrected chi connectivity index (χ0v) is 12.8. The van der Waals surface area contributed by atoms with Crippen LogP contribution in [0.3, 0.4) is 0 Å². The molecule has 1 heterocycles. The van der Waals surface area contributed by atoms with Gasteiger partial charge in [-0.3, -0.25) is 4.79 Å². The number of carbonyl (C=O) groups is 2. The fourth-order valence-electron chi connectivity index (χ4n) is 2.78. The highest BCUT2D eigenvalue weighted by Crippen LogP contribution is 2.24. The molecule has 1 aliphatic rings. The van der Waals surface area contributed by atoms with Gasteiger partial charge in [-0.25, -0.2) is 4.79 Å². The lowest BCUT2D eigenvalue weighted by Gasteiger charge is -2.34. The zero-order chi connectivity index (χ0) is 15.9. The van der Waals surface area contributed by atoms with Gasteiger partial charge in [-0.15, -0.1) is 0 Å². The van der Waals surface area contributed by atoms with Gasteiger partial charge in [-0.05, 0) is 31.4 Å². The van der Waals surface area contributed by atoms with Crippen molar-refractivity contribution in [1.29, 1.82) is 0 Å². The van der Waals surface area contributed by atoms with Crippen LogP contribution in [0, 0.1) is 0 Å². The number of Topliss-reactive ketones (excluding diaryl/α,β-unsaturated/α-hetero) is 1. The van der Waals surface area contributed by atoms with E-state index in [-0.39, 0.29) is 11.8 Å². The Bertz CT molecular complexity index is 525. The SMILES string of the molecule is CC(=O)CNCc1ccccc1N1CCC(NC(=O)O)CC1. The van der Waals surface area contributed by atoms with E-state index in [4.69, 9.17) is 5.11 Å². The number of piperidine rings is 1. The highest BCUT2D eigenvalue weighted by Gasteiger charge is 2.21. The highest BCUT2D eigenvalue weighted by molar-refractivity contribution is 5.77. The summed E-state index contributed by atoms with van der Waals surface area (Å²) in [6.45, 7) is 4.25. The molecule has 1 aromatic rings. The van der Waals surface area contributed by atoms with Crippen molar-refractivity contribution in [2.24, 2.45) is 0 Å². The minimum Gasteiger partial charge on any atom is -0.465 e. The normalized spacial score (nSPS) is 15.6. The summed E-state index contributed by atoms with van der Waals surface area (Å²) in [5.74, 6) is 0.123. The number of nitrogens with zero attached hydrogens (tertiary/aromatic N) is 1. The van der Waals surface area contributed by atoms with Crippen molar-refractivity contribution in [3.8, 4) is 0 Å². The summed E-state index contributed by atoms with van der Waals surface area (Å²) < 4.78 is 0. The number of hydrogen-bond donors (Lipinski definition) is 3. The van der Waals surface area contributed by atoms with Crippen LogP contribution in [0.2, 0.25) is 0 Å². The topological polar surface area (TPSA) is 81.7 Å². The summed E-state index contributed by atoms with van der Waals surface area (Å²) in [7, 11) is 0. The van der Waals surface area contributed by atoms with Crippen LogP contribution in [-0.4, -0.2) is 42.7 Å². The Labute approximate surface area is 130 Å². The molecule has 2 rings (SSSR count). The van der Waals surface area contributed by atoms with E-state index in [1.165, 1.54) is 0 Å². The quantitative estimate of drug-likeness (QED) is 0.744. The van der Waals surface area contributed by atoms with Crippen molar-refractivity contribution >= 4 is 17.6 Å². The third-order valence-corrected chi connectivity index (χ3v) is 3.84. The molecule has 1 aromatic carbocycles. The Hall–Kier alpha value is -2.08. The third-order valence-electron chi connectivity index (χ3n) is 3.84. The second kappa shape index (κ2) is 7.79. The van der Waals surface area contributed by atoms with Crippen LogP contribution in [0.1, 0.15) is 25.3 Å². The van der Waals surface area contributed by atoms with Gasteiger partial charge in [0.2, 0.25) is 0 Å². The molecule has 1 fully saturated rings. The molecule has 1 saturated heterocycles. The molecular formula is C16H23N3O3. The summed E-state index contributed by atoms with van der Waals surface area (Å²) in [4.78, 5) is 24.0. The average Bonchev–Trinajstić information content (AvgIpc) is 2.48. The predicted molar refractivity (Wildman–Crippen MR) is 85.2 cm³/mol. The van der Waals surface area contributed by atoms with E-state index in [2.05, 4.69) is 27.7 Å². The van der Waals surface area contributed by atoms with Crippen LogP contribution in [0.15, 0.2) is 24.3 Å².